The van der Waals surface area contributed by atoms with Crippen LogP contribution in [0.4, 0.5) is 4.39 Å². The number of carboxylic acid groups (broad SMARTS) is 1. The van der Waals surface area contributed by atoms with Gasteiger partial charge in [0.1, 0.15) is 10.1 Å². The van der Waals surface area contributed by atoms with Gasteiger partial charge >= 0.3 is 5.97 Å². The minimum absolute atomic E-state index is 0.115. The van der Waals surface area contributed by atoms with Gasteiger partial charge in [0.2, 0.25) is 0 Å². The van der Waals surface area contributed by atoms with Crippen molar-refractivity contribution >= 4 is 57.9 Å². The van der Waals surface area contributed by atoms with E-state index in [-0.39, 0.29) is 22.9 Å². The quantitative estimate of drug-likeness (QED) is 0.429. The predicted molar refractivity (Wildman–Crippen MR) is 97.4 cm³/mol. The maximum absolute atomic E-state index is 13.8. The molecule has 2 rings (SSSR count). The lowest BCUT2D eigenvalue weighted by atomic mass is 10.2. The molecule has 0 atom stereocenters. The first kappa shape index (κ1) is 18.9. The summed E-state index contributed by atoms with van der Waals surface area (Å²) in [5.74, 6) is -1.60. The van der Waals surface area contributed by atoms with Gasteiger partial charge in [-0.05, 0) is 31.1 Å². The molecule has 4 nitrogen and oxygen atoms in total. The number of carboxylic acids is 1. The number of amides is 1. The van der Waals surface area contributed by atoms with E-state index in [2.05, 4.69) is 0 Å². The summed E-state index contributed by atoms with van der Waals surface area (Å²) in [5.41, 5.74) is 0.168. The summed E-state index contributed by atoms with van der Waals surface area (Å²) < 4.78 is 14.2. The minimum atomic E-state index is -0.828. The van der Waals surface area contributed by atoms with Crippen LogP contribution in [0, 0.1) is 5.82 Å². The fraction of sp³-hybridized carbons (Fsp3) is 0.312. The molecule has 8 heteroatoms. The van der Waals surface area contributed by atoms with E-state index >= 15 is 0 Å². The van der Waals surface area contributed by atoms with Gasteiger partial charge in [-0.1, -0.05) is 48.1 Å². The molecule has 24 heavy (non-hydrogen) atoms. The molecule has 1 saturated heterocycles. The highest BCUT2D eigenvalue weighted by atomic mass is 35.5. The summed E-state index contributed by atoms with van der Waals surface area (Å²) in [6.45, 7) is 0.423. The van der Waals surface area contributed by atoms with Gasteiger partial charge in [-0.2, -0.15) is 0 Å². The predicted octanol–water partition coefficient (Wildman–Crippen LogP) is 4.33. The molecule has 0 aromatic heterocycles. The third kappa shape index (κ3) is 4.78. The summed E-state index contributed by atoms with van der Waals surface area (Å²) in [6, 6.07) is 4.33. The SMILES string of the molecule is O=C(O)CCCCCN1C(=O)/C(=C/c2c(F)cccc2Cl)SC1=S. The second kappa shape index (κ2) is 8.60. The van der Waals surface area contributed by atoms with Crippen molar-refractivity contribution in [3.63, 3.8) is 0 Å². The Hall–Kier alpha value is -1.44. The Morgan fingerprint density at radius 1 is 1.38 bits per heavy atom. The number of hydrogen-bond donors (Lipinski definition) is 1. The van der Waals surface area contributed by atoms with E-state index in [0.29, 0.717) is 35.0 Å². The van der Waals surface area contributed by atoms with Crippen molar-refractivity contribution in [3.8, 4) is 0 Å². The number of nitrogens with zero attached hydrogens (tertiary/aromatic N) is 1. The molecule has 1 heterocycles. The number of carbonyl (C=O) groups is 2. The molecular weight excluding hydrogens is 373 g/mol. The van der Waals surface area contributed by atoms with Gasteiger partial charge in [0.15, 0.2) is 0 Å². The maximum Gasteiger partial charge on any atom is 0.303 e. The highest BCUT2D eigenvalue weighted by Gasteiger charge is 2.31. The number of halogens is 2. The van der Waals surface area contributed by atoms with Crippen molar-refractivity contribution in [3.05, 3.63) is 39.5 Å². The van der Waals surface area contributed by atoms with Crippen LogP contribution in [0.15, 0.2) is 23.1 Å². The number of thiocarbonyl (C=S) groups is 1. The van der Waals surface area contributed by atoms with E-state index in [1.807, 2.05) is 0 Å². The zero-order valence-electron chi connectivity index (χ0n) is 12.6. The number of carbonyl (C=O) groups excluding carboxylic acids is 1. The summed E-state index contributed by atoms with van der Waals surface area (Å²) >= 11 is 12.3. The van der Waals surface area contributed by atoms with Crippen LogP contribution in [0.25, 0.3) is 6.08 Å². The fourth-order valence-electron chi connectivity index (χ4n) is 2.20. The van der Waals surface area contributed by atoms with Crippen LogP contribution in [0.3, 0.4) is 0 Å². The summed E-state index contributed by atoms with van der Waals surface area (Å²) in [6.07, 6.45) is 3.45. The van der Waals surface area contributed by atoms with Crippen LogP contribution in [0.1, 0.15) is 31.2 Å². The molecule has 0 radical (unpaired) electrons. The molecule has 1 fully saturated rings. The molecule has 0 spiro atoms. The van der Waals surface area contributed by atoms with Gasteiger partial charge in [-0.15, -0.1) is 0 Å². The molecule has 1 aliphatic heterocycles. The van der Waals surface area contributed by atoms with Crippen LogP contribution in [0.5, 0.6) is 0 Å². The summed E-state index contributed by atoms with van der Waals surface area (Å²) in [5, 5.41) is 8.82. The first-order valence-corrected chi connectivity index (χ1v) is 8.91. The number of benzene rings is 1. The van der Waals surface area contributed by atoms with Crippen molar-refractivity contribution in [2.75, 3.05) is 6.54 Å². The molecule has 0 saturated carbocycles. The molecule has 1 amide bonds. The Morgan fingerprint density at radius 2 is 2.12 bits per heavy atom. The monoisotopic (exact) mass is 387 g/mol. The molecule has 0 unspecified atom stereocenters. The Bertz CT molecular complexity index is 688. The van der Waals surface area contributed by atoms with Gasteiger partial charge in [0, 0.05) is 18.5 Å². The molecule has 1 N–H and O–H groups in total. The van der Waals surface area contributed by atoms with Gasteiger partial charge < -0.3 is 5.11 Å². The van der Waals surface area contributed by atoms with Crippen molar-refractivity contribution in [2.24, 2.45) is 0 Å². The number of rotatable bonds is 7. The smallest absolute Gasteiger partial charge is 0.303 e. The van der Waals surface area contributed by atoms with Gasteiger partial charge in [-0.25, -0.2) is 4.39 Å². The second-order valence-electron chi connectivity index (χ2n) is 5.17. The molecule has 0 bridgehead atoms. The van der Waals surface area contributed by atoms with Crippen molar-refractivity contribution in [2.45, 2.75) is 25.7 Å². The lowest BCUT2D eigenvalue weighted by Gasteiger charge is -2.13. The number of thioether (sulfide) groups is 1. The topological polar surface area (TPSA) is 57.6 Å². The third-order valence-electron chi connectivity index (χ3n) is 3.42. The summed E-state index contributed by atoms with van der Waals surface area (Å²) in [7, 11) is 0. The molecule has 1 aromatic rings. The Labute approximate surface area is 153 Å². The van der Waals surface area contributed by atoms with Crippen molar-refractivity contribution in [1.29, 1.82) is 0 Å². The Morgan fingerprint density at radius 3 is 2.79 bits per heavy atom. The van der Waals surface area contributed by atoms with Crippen molar-refractivity contribution < 1.29 is 19.1 Å². The standard InChI is InChI=1S/C16H15ClFNO3S2/c17-11-5-4-6-12(18)10(11)9-13-15(22)19(16(23)24-13)8-3-1-2-7-14(20)21/h4-6,9H,1-3,7-8H2,(H,20,21)/b13-9-. The van der Waals surface area contributed by atoms with Crippen molar-refractivity contribution in [1.82, 2.24) is 4.90 Å². The highest BCUT2D eigenvalue weighted by molar-refractivity contribution is 8.26. The molecule has 1 aromatic carbocycles. The Balaban J connectivity index is 2.01. The average molecular weight is 388 g/mol. The largest absolute Gasteiger partial charge is 0.481 e. The second-order valence-corrected chi connectivity index (χ2v) is 7.26. The van der Waals surface area contributed by atoms with E-state index in [9.17, 15) is 14.0 Å². The van der Waals surface area contributed by atoms with Gasteiger partial charge in [-0.3, -0.25) is 14.5 Å². The van der Waals surface area contributed by atoms with Crippen LogP contribution in [0.2, 0.25) is 5.02 Å². The first-order valence-electron chi connectivity index (χ1n) is 7.31. The zero-order chi connectivity index (χ0) is 17.7. The third-order valence-corrected chi connectivity index (χ3v) is 5.13. The van der Waals surface area contributed by atoms with E-state index in [4.69, 9.17) is 28.9 Å². The normalized spacial score (nSPS) is 16.2. The minimum Gasteiger partial charge on any atom is -0.481 e. The van der Waals surface area contributed by atoms with E-state index in [0.717, 1.165) is 11.8 Å². The molecule has 0 aliphatic carbocycles. The molecule has 128 valence electrons. The van der Waals surface area contributed by atoms with Gasteiger partial charge in [0.25, 0.3) is 5.91 Å². The first-order chi connectivity index (χ1) is 11.4. The summed E-state index contributed by atoms with van der Waals surface area (Å²) in [4.78, 5) is 24.7. The molecule has 1 aliphatic rings. The fourth-order valence-corrected chi connectivity index (χ4v) is 3.70. The number of hydrogen-bond acceptors (Lipinski definition) is 4. The van der Waals surface area contributed by atoms with E-state index in [1.54, 1.807) is 6.07 Å². The average Bonchev–Trinajstić information content (AvgIpc) is 2.77. The van der Waals surface area contributed by atoms with E-state index < -0.39 is 11.8 Å². The van der Waals surface area contributed by atoms with Crippen LogP contribution < -0.4 is 0 Å². The molecular formula is C16H15ClFNO3S2. The zero-order valence-corrected chi connectivity index (χ0v) is 15.0. The number of aliphatic carboxylic acids is 1. The van der Waals surface area contributed by atoms with Gasteiger partial charge in [0.05, 0.1) is 9.93 Å². The van der Waals surface area contributed by atoms with Crippen LogP contribution >= 0.6 is 35.6 Å². The van der Waals surface area contributed by atoms with E-state index in [1.165, 1.54) is 23.1 Å². The maximum atomic E-state index is 13.8. The highest BCUT2D eigenvalue weighted by Crippen LogP contribution is 2.34. The van der Waals surface area contributed by atoms with Crippen LogP contribution in [-0.4, -0.2) is 32.7 Å². The lowest BCUT2D eigenvalue weighted by molar-refractivity contribution is -0.137. The number of unbranched alkanes of at least 4 members (excludes halogenated alkanes) is 2. The Kier molecular flexibility index (Phi) is 6.77. The lowest BCUT2D eigenvalue weighted by Crippen LogP contribution is -2.29. The van der Waals surface area contributed by atoms with Crippen LogP contribution in [-0.2, 0) is 9.59 Å².